The van der Waals surface area contributed by atoms with E-state index in [0.717, 1.165) is 24.5 Å². The molecule has 4 aliphatic rings. The number of aliphatic hydroxyl groups is 1. The van der Waals surface area contributed by atoms with Crippen molar-refractivity contribution in [2.75, 3.05) is 13.1 Å². The molecule has 154 valence electrons. The van der Waals surface area contributed by atoms with Gasteiger partial charge in [-0.3, -0.25) is 4.90 Å². The van der Waals surface area contributed by atoms with E-state index in [1.165, 1.54) is 16.7 Å². The minimum Gasteiger partial charge on any atom is -0.508 e. The summed E-state index contributed by atoms with van der Waals surface area (Å²) in [6.07, 6.45) is 4.62. The van der Waals surface area contributed by atoms with Crippen LogP contribution in [0.4, 0.5) is 0 Å². The molecule has 0 aromatic heterocycles. The maximum absolute atomic E-state index is 10.8. The van der Waals surface area contributed by atoms with Gasteiger partial charge in [0.25, 0.3) is 0 Å². The van der Waals surface area contributed by atoms with Crippen LogP contribution in [-0.2, 0) is 11.3 Å². The Bertz CT molecular complexity index is 947. The molecule has 1 heterocycles. The van der Waals surface area contributed by atoms with E-state index in [1.54, 1.807) is 6.08 Å². The molecule has 1 aromatic carbocycles. The predicted molar refractivity (Wildman–Crippen MR) is 117 cm³/mol. The molecule has 1 aromatic rings. The van der Waals surface area contributed by atoms with E-state index in [2.05, 4.69) is 56.9 Å². The molecule has 0 radical (unpaired) electrons. The summed E-state index contributed by atoms with van der Waals surface area (Å²) in [6.45, 7) is 11.8. The van der Waals surface area contributed by atoms with E-state index < -0.39 is 0 Å². The number of halogens is 1. The van der Waals surface area contributed by atoms with E-state index in [9.17, 15) is 5.11 Å². The molecule has 1 saturated heterocycles. The van der Waals surface area contributed by atoms with E-state index in [0.29, 0.717) is 18.4 Å². The fourth-order valence-electron chi connectivity index (χ4n) is 7.06. The second kappa shape index (κ2) is 6.23. The third kappa shape index (κ3) is 2.27. The average molecular weight is 412 g/mol. The fraction of sp³-hybridized carbons (Fsp3) is 0.520. The van der Waals surface area contributed by atoms with Crippen molar-refractivity contribution >= 4 is 11.6 Å². The largest absolute Gasteiger partial charge is 0.508 e. The van der Waals surface area contributed by atoms with E-state index >= 15 is 0 Å². The van der Waals surface area contributed by atoms with Crippen molar-refractivity contribution in [3.63, 3.8) is 0 Å². The monoisotopic (exact) mass is 411 g/mol. The summed E-state index contributed by atoms with van der Waals surface area (Å²) < 4.78 is 6.14. The Morgan fingerprint density at radius 3 is 2.62 bits per heavy atom. The van der Waals surface area contributed by atoms with Gasteiger partial charge in [-0.2, -0.15) is 0 Å². The second-order valence-corrected chi connectivity index (χ2v) is 10.4. The molecule has 29 heavy (non-hydrogen) atoms. The molecular weight excluding hydrogens is 382 g/mol. The van der Waals surface area contributed by atoms with E-state index in [4.69, 9.17) is 16.3 Å². The Balaban J connectivity index is 1.36. The first kappa shape index (κ1) is 19.4. The number of benzene rings is 1. The molecule has 4 unspecified atom stereocenters. The van der Waals surface area contributed by atoms with Gasteiger partial charge in [0.05, 0.1) is 12.7 Å². The number of hydrogen-bond acceptors (Lipinski definition) is 3. The zero-order valence-corrected chi connectivity index (χ0v) is 18.5. The van der Waals surface area contributed by atoms with Gasteiger partial charge >= 0.3 is 0 Å². The number of piperidine rings is 1. The number of aliphatic hydroxyl groups excluding tert-OH is 1. The molecule has 3 aliphatic carbocycles. The smallest absolute Gasteiger partial charge is 0.115 e. The predicted octanol–water partition coefficient (Wildman–Crippen LogP) is 5.59. The van der Waals surface area contributed by atoms with Gasteiger partial charge in [-0.1, -0.05) is 62.7 Å². The van der Waals surface area contributed by atoms with Crippen LogP contribution >= 0.6 is 11.6 Å². The first-order valence-corrected chi connectivity index (χ1v) is 11.0. The summed E-state index contributed by atoms with van der Waals surface area (Å²) >= 11 is 6.67. The molecule has 1 aliphatic heterocycles. The van der Waals surface area contributed by atoms with Gasteiger partial charge in [0.15, 0.2) is 0 Å². The van der Waals surface area contributed by atoms with Gasteiger partial charge in [0, 0.05) is 35.0 Å². The average Bonchev–Trinajstić information content (AvgIpc) is 2.85. The van der Waals surface area contributed by atoms with Gasteiger partial charge < -0.3 is 9.84 Å². The Morgan fingerprint density at radius 1 is 1.17 bits per heavy atom. The molecular formula is C25H30ClNO2. The maximum atomic E-state index is 10.8. The standard InChI is InChI=1S/C25H30ClNO2/c1-16(29-14-17-8-6-5-7-9-17)13-27-15-25-19-12-18(20(26)10-11-21(19)28)24(25,4)23(2,3)22(25)27/h5-11,16,22,28H,12-15H2,1-4H3. The minimum atomic E-state index is 0.000454. The number of allylic oxidation sites excluding steroid dienone is 4. The number of nitrogens with zero attached hydrogens (tertiary/aromatic N) is 1. The van der Waals surface area contributed by atoms with Crippen LogP contribution in [0.5, 0.6) is 0 Å². The molecule has 1 N–H and O–H groups in total. The number of hydrogen-bond donors (Lipinski definition) is 1. The van der Waals surface area contributed by atoms with Gasteiger partial charge in [0.1, 0.15) is 5.76 Å². The SMILES string of the molecule is CC(CN1CC23C4=C(O)C=CC(Cl)=C(C4)C2(C)C(C)(C)C13)OCc1ccccc1. The molecule has 4 heteroatoms. The van der Waals surface area contributed by atoms with Crippen LogP contribution in [-0.4, -0.2) is 35.2 Å². The van der Waals surface area contributed by atoms with Gasteiger partial charge in [-0.15, -0.1) is 0 Å². The zero-order valence-electron chi connectivity index (χ0n) is 17.7. The van der Waals surface area contributed by atoms with Gasteiger partial charge in [0.2, 0.25) is 0 Å². The Kier molecular flexibility index (Phi) is 4.17. The highest BCUT2D eigenvalue weighted by Gasteiger charge is 2.85. The molecule has 2 saturated carbocycles. The van der Waals surface area contributed by atoms with E-state index in [1.807, 2.05) is 12.1 Å². The van der Waals surface area contributed by atoms with Crippen molar-refractivity contribution < 1.29 is 9.84 Å². The fourth-order valence-corrected chi connectivity index (χ4v) is 7.38. The van der Waals surface area contributed by atoms with Crippen molar-refractivity contribution in [3.05, 3.63) is 70.0 Å². The molecule has 0 amide bonds. The number of likely N-dealkylation sites (tertiary alicyclic amines) is 1. The molecule has 2 bridgehead atoms. The normalized spacial score (nSPS) is 35.6. The minimum absolute atomic E-state index is 0.000454. The zero-order chi connectivity index (χ0) is 20.6. The lowest BCUT2D eigenvalue weighted by molar-refractivity contribution is -0.297. The van der Waals surface area contributed by atoms with Crippen LogP contribution in [0.15, 0.2) is 64.4 Å². The lowest BCUT2D eigenvalue weighted by atomic mass is 9.31. The maximum Gasteiger partial charge on any atom is 0.115 e. The summed E-state index contributed by atoms with van der Waals surface area (Å²) in [4.78, 5) is 2.56. The van der Waals surface area contributed by atoms with Crippen LogP contribution in [0.3, 0.4) is 0 Å². The third-order valence-corrected chi connectivity index (χ3v) is 8.85. The summed E-state index contributed by atoms with van der Waals surface area (Å²) in [6, 6.07) is 10.8. The highest BCUT2D eigenvalue weighted by Crippen LogP contribution is 2.84. The quantitative estimate of drug-likeness (QED) is 0.685. The summed E-state index contributed by atoms with van der Waals surface area (Å²) in [5.41, 5.74) is 3.82. The lowest BCUT2D eigenvalue weighted by Gasteiger charge is -2.81. The van der Waals surface area contributed by atoms with Crippen LogP contribution in [0.25, 0.3) is 0 Å². The van der Waals surface area contributed by atoms with Crippen LogP contribution < -0.4 is 0 Å². The molecule has 3 fully saturated rings. The van der Waals surface area contributed by atoms with Crippen molar-refractivity contribution in [1.82, 2.24) is 4.90 Å². The number of fused-ring (bicyclic) bond motifs is 3. The second-order valence-electron chi connectivity index (χ2n) is 9.96. The Hall–Kier alpha value is -1.55. The van der Waals surface area contributed by atoms with Crippen molar-refractivity contribution in [2.24, 2.45) is 16.2 Å². The summed E-state index contributed by atoms with van der Waals surface area (Å²) in [5.74, 6) is 0.426. The Morgan fingerprint density at radius 2 is 1.90 bits per heavy atom. The highest BCUT2D eigenvalue weighted by atomic mass is 35.5. The van der Waals surface area contributed by atoms with Crippen molar-refractivity contribution in [3.8, 4) is 0 Å². The molecule has 5 rings (SSSR count). The first-order chi connectivity index (χ1) is 13.7. The van der Waals surface area contributed by atoms with Crippen LogP contribution in [0.2, 0.25) is 0 Å². The molecule has 4 atom stereocenters. The van der Waals surface area contributed by atoms with Crippen LogP contribution in [0, 0.1) is 16.2 Å². The van der Waals surface area contributed by atoms with Gasteiger partial charge in [-0.25, -0.2) is 0 Å². The lowest BCUT2D eigenvalue weighted by Crippen LogP contribution is -2.86. The topological polar surface area (TPSA) is 32.7 Å². The number of ether oxygens (including phenoxy) is 1. The van der Waals surface area contributed by atoms with Crippen LogP contribution in [0.1, 0.15) is 39.7 Å². The number of rotatable bonds is 5. The van der Waals surface area contributed by atoms with Gasteiger partial charge in [-0.05, 0) is 47.6 Å². The Labute approximate surface area is 178 Å². The third-order valence-electron chi connectivity index (χ3n) is 8.50. The van der Waals surface area contributed by atoms with E-state index in [-0.39, 0.29) is 22.3 Å². The molecule has 1 spiro atoms. The van der Waals surface area contributed by atoms with Crippen molar-refractivity contribution in [2.45, 2.75) is 52.9 Å². The van der Waals surface area contributed by atoms with Crippen molar-refractivity contribution in [1.29, 1.82) is 0 Å². The molecule has 3 nitrogen and oxygen atoms in total. The highest BCUT2D eigenvalue weighted by molar-refractivity contribution is 6.31. The summed E-state index contributed by atoms with van der Waals surface area (Å²) in [7, 11) is 0. The first-order valence-electron chi connectivity index (χ1n) is 10.6. The summed E-state index contributed by atoms with van der Waals surface area (Å²) in [5, 5.41) is 11.6.